The van der Waals surface area contributed by atoms with Gasteiger partial charge in [0.1, 0.15) is 0 Å². The molecule has 1 aromatic carbocycles. The van der Waals surface area contributed by atoms with Crippen LogP contribution in [-0.2, 0) is 6.54 Å². The van der Waals surface area contributed by atoms with Crippen LogP contribution in [0.4, 0.5) is 5.69 Å². The number of nitro benzene ring substituents is 1. The first-order valence-electron chi connectivity index (χ1n) is 6.31. The number of rotatable bonds is 5. The van der Waals surface area contributed by atoms with Gasteiger partial charge in [-0.3, -0.25) is 10.1 Å². The van der Waals surface area contributed by atoms with Crippen LogP contribution in [0, 0.1) is 17.0 Å². The molecule has 2 rings (SSSR count). The Hall–Kier alpha value is -0.720. The zero-order valence-corrected chi connectivity index (χ0v) is 12.6. The molecule has 0 aliphatic carbocycles. The van der Waals surface area contributed by atoms with Crippen LogP contribution in [0.3, 0.4) is 0 Å². The SMILES string of the molecule is Cc1ccc(CNCC2CSCCS2)cc1[N+](=O)[O-]. The van der Waals surface area contributed by atoms with Gasteiger partial charge in [-0.05, 0) is 12.5 Å². The van der Waals surface area contributed by atoms with Gasteiger partial charge in [0.05, 0.1) is 4.92 Å². The van der Waals surface area contributed by atoms with Crippen LogP contribution >= 0.6 is 23.5 Å². The monoisotopic (exact) mass is 298 g/mol. The molecule has 1 heterocycles. The van der Waals surface area contributed by atoms with Crippen molar-refractivity contribution in [2.24, 2.45) is 0 Å². The molecule has 1 unspecified atom stereocenters. The molecule has 6 heteroatoms. The van der Waals surface area contributed by atoms with Crippen molar-refractivity contribution in [2.45, 2.75) is 18.7 Å². The Morgan fingerprint density at radius 2 is 2.32 bits per heavy atom. The smallest absolute Gasteiger partial charge is 0.272 e. The number of nitro groups is 1. The minimum Gasteiger partial charge on any atom is -0.312 e. The molecular formula is C13H18N2O2S2. The standard InChI is InChI=1S/C13H18N2O2S2/c1-10-2-3-11(6-13(10)15(16)17)7-14-8-12-9-18-4-5-19-12/h2-3,6,12,14H,4-5,7-9H2,1H3. The second-order valence-corrected chi connectivity index (χ2v) is 7.13. The molecule has 1 aliphatic heterocycles. The maximum Gasteiger partial charge on any atom is 0.272 e. The average Bonchev–Trinajstić information content (AvgIpc) is 2.41. The molecule has 19 heavy (non-hydrogen) atoms. The van der Waals surface area contributed by atoms with Gasteiger partial charge in [0.2, 0.25) is 0 Å². The summed E-state index contributed by atoms with van der Waals surface area (Å²) >= 11 is 4.02. The van der Waals surface area contributed by atoms with Crippen LogP contribution in [0.15, 0.2) is 18.2 Å². The lowest BCUT2D eigenvalue weighted by Gasteiger charge is -2.21. The molecule has 0 amide bonds. The zero-order valence-electron chi connectivity index (χ0n) is 10.9. The molecule has 1 N–H and O–H groups in total. The van der Waals surface area contributed by atoms with Crippen molar-refractivity contribution in [3.05, 3.63) is 39.4 Å². The van der Waals surface area contributed by atoms with E-state index in [1.54, 1.807) is 13.0 Å². The number of nitrogens with one attached hydrogen (secondary N) is 1. The molecule has 0 saturated carbocycles. The highest BCUT2D eigenvalue weighted by Crippen LogP contribution is 2.23. The molecule has 0 aromatic heterocycles. The summed E-state index contributed by atoms with van der Waals surface area (Å²) in [5.74, 6) is 3.68. The van der Waals surface area contributed by atoms with E-state index in [2.05, 4.69) is 5.32 Å². The summed E-state index contributed by atoms with van der Waals surface area (Å²) in [7, 11) is 0. The van der Waals surface area contributed by atoms with Gasteiger partial charge in [-0.2, -0.15) is 23.5 Å². The third-order valence-corrected chi connectivity index (χ3v) is 5.90. The van der Waals surface area contributed by atoms with Crippen LogP contribution in [0.25, 0.3) is 0 Å². The van der Waals surface area contributed by atoms with Gasteiger partial charge in [-0.1, -0.05) is 12.1 Å². The Labute approximate surface area is 121 Å². The molecule has 4 nitrogen and oxygen atoms in total. The van der Waals surface area contributed by atoms with E-state index < -0.39 is 0 Å². The molecule has 1 atom stereocenters. The van der Waals surface area contributed by atoms with E-state index in [9.17, 15) is 10.1 Å². The van der Waals surface area contributed by atoms with E-state index in [-0.39, 0.29) is 10.6 Å². The molecule has 104 valence electrons. The van der Waals surface area contributed by atoms with Crippen molar-refractivity contribution < 1.29 is 4.92 Å². The summed E-state index contributed by atoms with van der Waals surface area (Å²) in [6, 6.07) is 5.45. The predicted octanol–water partition coefficient (Wildman–Crippen LogP) is 2.84. The van der Waals surface area contributed by atoms with Crippen LogP contribution in [-0.4, -0.2) is 34.0 Å². The van der Waals surface area contributed by atoms with Crippen LogP contribution in [0.1, 0.15) is 11.1 Å². The molecule has 1 aromatic rings. The third-order valence-electron chi connectivity index (χ3n) is 3.06. The summed E-state index contributed by atoms with van der Waals surface area (Å²) in [4.78, 5) is 10.6. The number of aryl methyl sites for hydroxylation is 1. The van der Waals surface area contributed by atoms with Gasteiger partial charge < -0.3 is 5.32 Å². The second kappa shape index (κ2) is 7.17. The van der Waals surface area contributed by atoms with Gasteiger partial charge in [0, 0.05) is 47.2 Å². The predicted molar refractivity (Wildman–Crippen MR) is 83.1 cm³/mol. The highest BCUT2D eigenvalue weighted by atomic mass is 32.2. The van der Waals surface area contributed by atoms with E-state index >= 15 is 0 Å². The molecule has 1 saturated heterocycles. The summed E-state index contributed by atoms with van der Waals surface area (Å²) in [5.41, 5.74) is 1.90. The number of hydrogen-bond acceptors (Lipinski definition) is 5. The number of nitrogens with zero attached hydrogens (tertiary/aromatic N) is 1. The Morgan fingerprint density at radius 3 is 3.00 bits per heavy atom. The van der Waals surface area contributed by atoms with Crippen molar-refractivity contribution >= 4 is 29.2 Å². The van der Waals surface area contributed by atoms with E-state index in [0.29, 0.717) is 17.4 Å². The summed E-state index contributed by atoms with van der Waals surface area (Å²) in [6.45, 7) is 3.44. The number of thioether (sulfide) groups is 2. The van der Waals surface area contributed by atoms with E-state index in [4.69, 9.17) is 0 Å². The zero-order chi connectivity index (χ0) is 13.7. The minimum absolute atomic E-state index is 0.210. The molecule has 0 radical (unpaired) electrons. The minimum atomic E-state index is -0.313. The van der Waals surface area contributed by atoms with Gasteiger partial charge >= 0.3 is 0 Å². The lowest BCUT2D eigenvalue weighted by atomic mass is 10.1. The van der Waals surface area contributed by atoms with Gasteiger partial charge in [0.15, 0.2) is 0 Å². The topological polar surface area (TPSA) is 55.2 Å². The Morgan fingerprint density at radius 1 is 1.47 bits per heavy atom. The molecule has 1 fully saturated rings. The largest absolute Gasteiger partial charge is 0.312 e. The third kappa shape index (κ3) is 4.40. The first-order chi connectivity index (χ1) is 9.16. The first kappa shape index (κ1) is 14.7. The fraction of sp³-hybridized carbons (Fsp3) is 0.538. The van der Waals surface area contributed by atoms with Gasteiger partial charge in [-0.25, -0.2) is 0 Å². The van der Waals surface area contributed by atoms with Gasteiger partial charge in [0.25, 0.3) is 5.69 Å². The van der Waals surface area contributed by atoms with Crippen molar-refractivity contribution in [1.29, 1.82) is 0 Å². The lowest BCUT2D eigenvalue weighted by Crippen LogP contribution is -2.28. The highest BCUT2D eigenvalue weighted by Gasteiger charge is 2.14. The quantitative estimate of drug-likeness (QED) is 0.669. The Bertz CT molecular complexity index is 448. The fourth-order valence-corrected chi connectivity index (χ4v) is 4.64. The van der Waals surface area contributed by atoms with Crippen LogP contribution in [0.5, 0.6) is 0 Å². The van der Waals surface area contributed by atoms with E-state index in [0.717, 1.165) is 12.1 Å². The Kier molecular flexibility index (Phi) is 5.54. The molecular weight excluding hydrogens is 280 g/mol. The maximum atomic E-state index is 10.9. The van der Waals surface area contributed by atoms with E-state index in [1.165, 1.54) is 17.3 Å². The first-order valence-corrected chi connectivity index (χ1v) is 8.51. The van der Waals surface area contributed by atoms with Crippen LogP contribution in [0.2, 0.25) is 0 Å². The second-order valence-electron chi connectivity index (χ2n) is 4.58. The molecule has 0 spiro atoms. The van der Waals surface area contributed by atoms with Crippen LogP contribution < -0.4 is 5.32 Å². The van der Waals surface area contributed by atoms with Crippen molar-refractivity contribution in [3.63, 3.8) is 0 Å². The normalized spacial score (nSPS) is 19.3. The summed E-state index contributed by atoms with van der Waals surface area (Å²) in [5, 5.41) is 14.9. The fourth-order valence-electron chi connectivity index (χ4n) is 1.99. The maximum absolute atomic E-state index is 10.9. The Balaban J connectivity index is 1.85. The number of benzene rings is 1. The summed E-state index contributed by atoms with van der Waals surface area (Å²) < 4.78 is 0. The number of hydrogen-bond donors (Lipinski definition) is 1. The van der Waals surface area contributed by atoms with E-state index in [1.807, 2.05) is 35.7 Å². The van der Waals surface area contributed by atoms with Crippen molar-refractivity contribution in [2.75, 3.05) is 23.8 Å². The lowest BCUT2D eigenvalue weighted by molar-refractivity contribution is -0.385. The highest BCUT2D eigenvalue weighted by molar-refractivity contribution is 8.06. The van der Waals surface area contributed by atoms with Crippen molar-refractivity contribution in [1.82, 2.24) is 5.32 Å². The average molecular weight is 298 g/mol. The summed E-state index contributed by atoms with van der Waals surface area (Å²) in [6.07, 6.45) is 0. The van der Waals surface area contributed by atoms with Gasteiger partial charge in [-0.15, -0.1) is 0 Å². The van der Waals surface area contributed by atoms with Crippen molar-refractivity contribution in [3.8, 4) is 0 Å². The molecule has 0 bridgehead atoms. The molecule has 1 aliphatic rings.